The van der Waals surface area contributed by atoms with Gasteiger partial charge in [-0.2, -0.15) is 11.3 Å². The number of amides is 3. The third kappa shape index (κ3) is 5.30. The average Bonchev–Trinajstić information content (AvgIpc) is 3.56. The molecular formula is C24H32N4O4S. The molecule has 3 amide bonds. The van der Waals surface area contributed by atoms with Crippen LogP contribution in [0.15, 0.2) is 40.8 Å². The number of urea groups is 1. The molecule has 0 radical (unpaired) electrons. The summed E-state index contributed by atoms with van der Waals surface area (Å²) in [6, 6.07) is 1.11. The minimum atomic E-state index is -0.557. The van der Waals surface area contributed by atoms with E-state index in [0.717, 1.165) is 37.9 Å². The molecule has 9 heteroatoms. The molecule has 0 bridgehead atoms. The van der Waals surface area contributed by atoms with Crippen LogP contribution in [0.5, 0.6) is 0 Å². The van der Waals surface area contributed by atoms with Crippen molar-refractivity contribution in [1.29, 1.82) is 0 Å². The van der Waals surface area contributed by atoms with Gasteiger partial charge in [0.25, 0.3) is 0 Å². The predicted octanol–water partition coefficient (Wildman–Crippen LogP) is 2.76. The number of carbonyl (C=O) groups is 3. The zero-order valence-electron chi connectivity index (χ0n) is 19.1. The number of thiophene rings is 1. The van der Waals surface area contributed by atoms with Crippen molar-refractivity contribution in [3.63, 3.8) is 0 Å². The van der Waals surface area contributed by atoms with E-state index >= 15 is 0 Å². The summed E-state index contributed by atoms with van der Waals surface area (Å²) in [5, 5.41) is 6.85. The highest BCUT2D eigenvalue weighted by atomic mass is 32.1. The molecule has 1 aromatic rings. The lowest BCUT2D eigenvalue weighted by atomic mass is 9.96. The minimum absolute atomic E-state index is 0.214. The van der Waals surface area contributed by atoms with Crippen LogP contribution in [0.1, 0.15) is 37.8 Å². The normalized spacial score (nSPS) is 22.1. The van der Waals surface area contributed by atoms with Crippen LogP contribution in [-0.2, 0) is 14.3 Å². The van der Waals surface area contributed by atoms with Gasteiger partial charge in [-0.25, -0.2) is 9.59 Å². The van der Waals surface area contributed by atoms with Crippen molar-refractivity contribution in [2.75, 3.05) is 45.9 Å². The molecule has 33 heavy (non-hydrogen) atoms. The number of esters is 1. The summed E-state index contributed by atoms with van der Waals surface area (Å²) >= 11 is 1.52. The van der Waals surface area contributed by atoms with Gasteiger partial charge in [0.05, 0.1) is 18.2 Å². The molecule has 3 heterocycles. The molecule has 178 valence electrons. The van der Waals surface area contributed by atoms with Crippen LogP contribution >= 0.6 is 11.3 Å². The number of hydrogen-bond donors (Lipinski definition) is 1. The van der Waals surface area contributed by atoms with Crippen molar-refractivity contribution in [2.45, 2.75) is 32.2 Å². The van der Waals surface area contributed by atoms with Gasteiger partial charge in [-0.1, -0.05) is 6.08 Å². The van der Waals surface area contributed by atoms with Gasteiger partial charge in [0.2, 0.25) is 5.91 Å². The van der Waals surface area contributed by atoms with Crippen molar-refractivity contribution in [2.24, 2.45) is 5.92 Å². The summed E-state index contributed by atoms with van der Waals surface area (Å²) in [7, 11) is 0. The standard InChI is InChI=1S/C24H32N4O4S/c1-3-9-28-19(15-26-10-5-11-27(13-12-26)22(29)17-6-7-17)20(23(30)32-4-2)21(25-24(28)31)18-8-14-33-16-18/h3,8,14,16-17,21H,1,4-7,9-13,15H2,2H3,(H,25,31). The number of rotatable bonds is 8. The molecule has 2 aliphatic heterocycles. The Bertz CT molecular complexity index is 925. The fraction of sp³-hybridized carbons (Fsp3) is 0.542. The molecule has 4 rings (SSSR count). The second kappa shape index (κ2) is 10.5. The molecule has 1 unspecified atom stereocenters. The molecule has 1 saturated carbocycles. The van der Waals surface area contributed by atoms with Gasteiger partial charge in [0.1, 0.15) is 0 Å². The summed E-state index contributed by atoms with van der Waals surface area (Å²) < 4.78 is 5.43. The van der Waals surface area contributed by atoms with E-state index in [9.17, 15) is 14.4 Å². The Morgan fingerprint density at radius 2 is 2.09 bits per heavy atom. The van der Waals surface area contributed by atoms with Gasteiger partial charge in [-0.15, -0.1) is 6.58 Å². The Balaban J connectivity index is 1.63. The first-order valence-corrected chi connectivity index (χ1v) is 12.6. The monoisotopic (exact) mass is 472 g/mol. The lowest BCUT2D eigenvalue weighted by Crippen LogP contribution is -2.51. The van der Waals surface area contributed by atoms with Crippen LogP contribution in [0.2, 0.25) is 0 Å². The zero-order chi connectivity index (χ0) is 23.4. The molecule has 8 nitrogen and oxygen atoms in total. The zero-order valence-corrected chi connectivity index (χ0v) is 19.9. The van der Waals surface area contributed by atoms with Crippen LogP contribution in [0.4, 0.5) is 4.79 Å². The van der Waals surface area contributed by atoms with E-state index in [0.29, 0.717) is 37.4 Å². The van der Waals surface area contributed by atoms with E-state index in [-0.39, 0.29) is 24.5 Å². The Labute approximate surface area is 198 Å². The quantitative estimate of drug-likeness (QED) is 0.465. The number of carbonyl (C=O) groups excluding carboxylic acids is 3. The second-order valence-corrected chi connectivity index (χ2v) is 9.43. The highest BCUT2D eigenvalue weighted by Gasteiger charge is 2.39. The Morgan fingerprint density at radius 3 is 2.76 bits per heavy atom. The fourth-order valence-electron chi connectivity index (χ4n) is 4.48. The van der Waals surface area contributed by atoms with Gasteiger partial charge in [-0.3, -0.25) is 14.6 Å². The summed E-state index contributed by atoms with van der Waals surface area (Å²) in [6.45, 7) is 9.46. The van der Waals surface area contributed by atoms with E-state index in [4.69, 9.17) is 4.74 Å². The average molecular weight is 473 g/mol. The topological polar surface area (TPSA) is 82.2 Å². The fourth-order valence-corrected chi connectivity index (χ4v) is 5.17. The molecule has 0 aromatic carbocycles. The molecule has 0 spiro atoms. The number of nitrogens with zero attached hydrogens (tertiary/aromatic N) is 3. The van der Waals surface area contributed by atoms with Crippen LogP contribution < -0.4 is 5.32 Å². The molecule has 1 atom stereocenters. The van der Waals surface area contributed by atoms with Crippen LogP contribution in [-0.4, -0.2) is 78.5 Å². The number of nitrogens with one attached hydrogen (secondary N) is 1. The smallest absolute Gasteiger partial charge is 0.338 e. The second-order valence-electron chi connectivity index (χ2n) is 8.65. The first-order valence-electron chi connectivity index (χ1n) is 11.7. The maximum absolute atomic E-state index is 13.2. The number of ether oxygens (including phenoxy) is 1. The van der Waals surface area contributed by atoms with Gasteiger partial charge in [0, 0.05) is 50.9 Å². The summed E-state index contributed by atoms with van der Waals surface area (Å²) in [5.41, 5.74) is 1.98. The van der Waals surface area contributed by atoms with E-state index in [1.807, 2.05) is 21.7 Å². The van der Waals surface area contributed by atoms with Gasteiger partial charge in [0.15, 0.2) is 0 Å². The third-order valence-electron chi connectivity index (χ3n) is 6.32. The first-order chi connectivity index (χ1) is 16.0. The first kappa shape index (κ1) is 23.5. The molecule has 1 saturated heterocycles. The molecule has 1 aromatic heterocycles. The molecule has 1 N–H and O–H groups in total. The van der Waals surface area contributed by atoms with Gasteiger partial charge >= 0.3 is 12.0 Å². The Morgan fingerprint density at radius 1 is 1.27 bits per heavy atom. The van der Waals surface area contributed by atoms with Crippen molar-refractivity contribution in [3.05, 3.63) is 46.3 Å². The molecule has 3 aliphatic rings. The third-order valence-corrected chi connectivity index (χ3v) is 7.02. The maximum atomic E-state index is 13.2. The highest BCUT2D eigenvalue weighted by molar-refractivity contribution is 7.08. The SMILES string of the molecule is C=CCN1C(=O)NC(c2ccsc2)C(C(=O)OCC)=C1CN1CCCN(C(=O)C2CC2)CC1. The van der Waals surface area contributed by atoms with Crippen LogP contribution in [0, 0.1) is 5.92 Å². The van der Waals surface area contributed by atoms with Crippen molar-refractivity contribution < 1.29 is 19.1 Å². The van der Waals surface area contributed by atoms with Crippen molar-refractivity contribution >= 4 is 29.2 Å². The Hall–Kier alpha value is -2.65. The van der Waals surface area contributed by atoms with E-state index < -0.39 is 12.0 Å². The van der Waals surface area contributed by atoms with Crippen molar-refractivity contribution in [3.8, 4) is 0 Å². The molecule has 2 fully saturated rings. The minimum Gasteiger partial charge on any atom is -0.463 e. The van der Waals surface area contributed by atoms with Gasteiger partial charge in [-0.05, 0) is 48.6 Å². The van der Waals surface area contributed by atoms with E-state index in [1.165, 1.54) is 11.3 Å². The lowest BCUT2D eigenvalue weighted by Gasteiger charge is -2.37. The summed E-state index contributed by atoms with van der Waals surface area (Å²) in [4.78, 5) is 44.6. The highest BCUT2D eigenvalue weighted by Crippen LogP contribution is 2.34. The summed E-state index contributed by atoms with van der Waals surface area (Å²) in [6.07, 6.45) is 4.53. The summed E-state index contributed by atoms with van der Waals surface area (Å²) in [5.74, 6) is 0.0652. The largest absolute Gasteiger partial charge is 0.463 e. The van der Waals surface area contributed by atoms with E-state index in [1.54, 1.807) is 17.9 Å². The molecular weight excluding hydrogens is 440 g/mol. The van der Waals surface area contributed by atoms with Crippen LogP contribution in [0.3, 0.4) is 0 Å². The Kier molecular flexibility index (Phi) is 7.49. The van der Waals surface area contributed by atoms with Crippen molar-refractivity contribution in [1.82, 2.24) is 20.0 Å². The number of hydrogen-bond acceptors (Lipinski definition) is 6. The predicted molar refractivity (Wildman–Crippen MR) is 127 cm³/mol. The molecule has 1 aliphatic carbocycles. The van der Waals surface area contributed by atoms with Crippen LogP contribution in [0.25, 0.3) is 0 Å². The van der Waals surface area contributed by atoms with Gasteiger partial charge < -0.3 is 15.0 Å². The van der Waals surface area contributed by atoms with E-state index in [2.05, 4.69) is 16.8 Å². The maximum Gasteiger partial charge on any atom is 0.338 e. The lowest BCUT2D eigenvalue weighted by molar-refractivity contribution is -0.139.